The third-order valence-corrected chi connectivity index (χ3v) is 5.66. The van der Waals surface area contributed by atoms with Gasteiger partial charge in [-0.05, 0) is 68.7 Å². The van der Waals surface area contributed by atoms with Gasteiger partial charge in [0.25, 0.3) is 11.5 Å². The van der Waals surface area contributed by atoms with Gasteiger partial charge >= 0.3 is 6.36 Å². The number of carbonyl (C=O) groups is 1. The van der Waals surface area contributed by atoms with Crippen molar-refractivity contribution >= 4 is 5.91 Å². The third-order valence-electron chi connectivity index (χ3n) is 5.66. The maximum atomic E-state index is 13.1. The number of hydrogen-bond acceptors (Lipinski definition) is 6. The minimum atomic E-state index is -4.83. The molecule has 1 aromatic carbocycles. The summed E-state index contributed by atoms with van der Waals surface area (Å²) < 4.78 is 42.3. The molecular weight excluding hydrogens is 453 g/mol. The van der Waals surface area contributed by atoms with Gasteiger partial charge in [-0.25, -0.2) is 0 Å². The van der Waals surface area contributed by atoms with Gasteiger partial charge in [-0.2, -0.15) is 9.78 Å². The number of benzene rings is 1. The molecule has 0 saturated heterocycles. The molecule has 0 radical (unpaired) electrons. The predicted octanol–water partition coefficient (Wildman–Crippen LogP) is 3.23. The van der Waals surface area contributed by atoms with E-state index >= 15 is 0 Å². The number of nitrogens with one attached hydrogen (secondary N) is 1. The largest absolute Gasteiger partial charge is 0.573 e. The smallest absolute Gasteiger partial charge is 0.406 e. The van der Waals surface area contributed by atoms with Crippen LogP contribution in [-0.2, 0) is 0 Å². The highest BCUT2D eigenvalue weighted by atomic mass is 19.4. The van der Waals surface area contributed by atoms with Crippen molar-refractivity contribution in [1.29, 1.82) is 0 Å². The Morgan fingerprint density at radius 1 is 1.26 bits per heavy atom. The van der Waals surface area contributed by atoms with Crippen molar-refractivity contribution in [2.24, 2.45) is 0 Å². The molecule has 8 nitrogen and oxygen atoms in total. The number of rotatable bonds is 5. The zero-order valence-electron chi connectivity index (χ0n) is 18.0. The maximum Gasteiger partial charge on any atom is 0.573 e. The molecule has 0 spiro atoms. The fourth-order valence-corrected chi connectivity index (χ4v) is 3.89. The molecule has 1 aliphatic carbocycles. The van der Waals surface area contributed by atoms with E-state index in [9.17, 15) is 27.9 Å². The second kappa shape index (κ2) is 8.90. The highest BCUT2D eigenvalue weighted by Crippen LogP contribution is 2.30. The van der Waals surface area contributed by atoms with E-state index in [4.69, 9.17) is 0 Å². The van der Waals surface area contributed by atoms with Crippen molar-refractivity contribution in [3.05, 3.63) is 70.8 Å². The van der Waals surface area contributed by atoms with Gasteiger partial charge in [-0.15, -0.1) is 13.2 Å². The first-order valence-corrected chi connectivity index (χ1v) is 10.5. The molecule has 1 amide bonds. The van der Waals surface area contributed by atoms with Crippen molar-refractivity contribution in [2.45, 2.75) is 44.2 Å². The van der Waals surface area contributed by atoms with Crippen molar-refractivity contribution in [3.8, 4) is 22.7 Å². The molecule has 2 atom stereocenters. The third kappa shape index (κ3) is 5.09. The van der Waals surface area contributed by atoms with Crippen LogP contribution in [0.15, 0.2) is 59.7 Å². The molecule has 1 aliphatic rings. The van der Waals surface area contributed by atoms with E-state index in [1.807, 2.05) is 0 Å². The van der Waals surface area contributed by atoms with Crippen LogP contribution in [0.25, 0.3) is 16.9 Å². The summed E-state index contributed by atoms with van der Waals surface area (Å²) in [6, 6.07) is 8.81. The van der Waals surface area contributed by atoms with Crippen LogP contribution in [0.3, 0.4) is 0 Å². The summed E-state index contributed by atoms with van der Waals surface area (Å²) in [7, 11) is 0. The number of aromatic nitrogens is 3. The molecule has 34 heavy (non-hydrogen) atoms. The van der Waals surface area contributed by atoms with Gasteiger partial charge in [0.05, 0.1) is 29.2 Å². The lowest BCUT2D eigenvalue weighted by molar-refractivity contribution is -0.274. The molecule has 4 rings (SSSR count). The van der Waals surface area contributed by atoms with Crippen LogP contribution < -0.4 is 15.6 Å². The lowest BCUT2D eigenvalue weighted by Gasteiger charge is -2.26. The quantitative estimate of drug-likeness (QED) is 0.588. The number of amides is 1. The zero-order chi connectivity index (χ0) is 24.5. The van der Waals surface area contributed by atoms with Gasteiger partial charge in [-0.1, -0.05) is 0 Å². The zero-order valence-corrected chi connectivity index (χ0v) is 18.0. The van der Waals surface area contributed by atoms with Crippen LogP contribution in [0.1, 0.15) is 36.5 Å². The van der Waals surface area contributed by atoms with Crippen molar-refractivity contribution < 1.29 is 27.8 Å². The molecule has 0 aliphatic heterocycles. The lowest BCUT2D eigenvalue weighted by Crippen LogP contribution is -2.48. The van der Waals surface area contributed by atoms with E-state index in [1.165, 1.54) is 30.6 Å². The van der Waals surface area contributed by atoms with Gasteiger partial charge in [0, 0.05) is 11.8 Å². The maximum absolute atomic E-state index is 13.1. The average molecular weight is 474 g/mol. The summed E-state index contributed by atoms with van der Waals surface area (Å²) in [6.07, 6.45) is -0.124. The Bertz CT molecular complexity index is 1240. The fourth-order valence-electron chi connectivity index (χ4n) is 3.89. The first kappa shape index (κ1) is 23.4. The summed E-state index contributed by atoms with van der Waals surface area (Å²) in [6.45, 7) is 1.63. The molecule has 2 aromatic heterocycles. The Morgan fingerprint density at radius 2 is 2.00 bits per heavy atom. The van der Waals surface area contributed by atoms with E-state index in [0.29, 0.717) is 24.1 Å². The fraction of sp³-hybridized carbons (Fsp3) is 0.304. The first-order valence-electron chi connectivity index (χ1n) is 10.5. The molecule has 1 saturated carbocycles. The van der Waals surface area contributed by atoms with E-state index < -0.39 is 35.2 Å². The van der Waals surface area contributed by atoms with Crippen molar-refractivity contribution in [3.63, 3.8) is 0 Å². The molecule has 2 N–H and O–H groups in total. The van der Waals surface area contributed by atoms with Crippen LogP contribution in [0, 0.1) is 0 Å². The average Bonchev–Trinajstić information content (AvgIpc) is 3.11. The molecule has 2 heterocycles. The molecular formula is C23H21F3N4O4. The highest BCUT2D eigenvalue weighted by Gasteiger charge is 2.38. The SMILES string of the molecule is CC1(O)CCCC1NC(=O)c1cc(-c2ccc(OC(F)(F)F)cc2)nn(-c2cccnc2)c1=O. The van der Waals surface area contributed by atoms with Crippen molar-refractivity contribution in [2.75, 3.05) is 0 Å². The van der Waals surface area contributed by atoms with Crippen LogP contribution in [0.5, 0.6) is 5.75 Å². The van der Waals surface area contributed by atoms with Gasteiger partial charge in [0.15, 0.2) is 0 Å². The summed E-state index contributed by atoms with van der Waals surface area (Å²) in [4.78, 5) is 30.2. The Balaban J connectivity index is 1.75. The van der Waals surface area contributed by atoms with Crippen molar-refractivity contribution in [1.82, 2.24) is 20.1 Å². The van der Waals surface area contributed by atoms with E-state index in [0.717, 1.165) is 23.2 Å². The van der Waals surface area contributed by atoms with E-state index in [2.05, 4.69) is 20.1 Å². The number of hydrogen-bond donors (Lipinski definition) is 2. The lowest BCUT2D eigenvalue weighted by atomic mass is 10.00. The van der Waals surface area contributed by atoms with Gasteiger partial charge < -0.3 is 15.2 Å². The first-order chi connectivity index (χ1) is 16.0. The summed E-state index contributed by atoms with van der Waals surface area (Å²) >= 11 is 0. The predicted molar refractivity (Wildman–Crippen MR) is 115 cm³/mol. The number of ether oxygens (including phenoxy) is 1. The van der Waals surface area contributed by atoms with Crippen LogP contribution >= 0.6 is 0 Å². The van der Waals surface area contributed by atoms with Crippen LogP contribution in [-0.4, -0.2) is 43.8 Å². The summed E-state index contributed by atoms with van der Waals surface area (Å²) in [5, 5.41) is 17.5. The molecule has 178 valence electrons. The molecule has 3 aromatic rings. The second-order valence-electron chi connectivity index (χ2n) is 8.22. The number of carbonyl (C=O) groups excluding carboxylic acids is 1. The monoisotopic (exact) mass is 474 g/mol. The summed E-state index contributed by atoms with van der Waals surface area (Å²) in [5.74, 6) is -1.10. The standard InChI is InChI=1S/C23H21F3N4O4/c1-22(33)10-2-5-19(22)28-20(31)17-12-18(14-6-8-16(9-7-14)34-23(24,25)26)29-30(21(17)32)15-4-3-11-27-13-15/h3-4,6-9,11-13,19,33H,2,5,10H2,1H3,(H,28,31). The van der Waals surface area contributed by atoms with Crippen LogP contribution in [0.2, 0.25) is 0 Å². The highest BCUT2D eigenvalue weighted by molar-refractivity contribution is 5.95. The summed E-state index contributed by atoms with van der Waals surface area (Å²) in [5.41, 5.74) is -1.20. The topological polar surface area (TPSA) is 106 Å². The molecule has 0 bridgehead atoms. The normalized spacial score (nSPS) is 20.2. The number of nitrogens with zero attached hydrogens (tertiary/aromatic N) is 3. The van der Waals surface area contributed by atoms with Gasteiger partial charge in [0.1, 0.15) is 11.3 Å². The Hall–Kier alpha value is -3.73. The number of aliphatic hydroxyl groups is 1. The number of pyridine rings is 1. The van der Waals surface area contributed by atoms with E-state index in [1.54, 1.807) is 19.1 Å². The van der Waals surface area contributed by atoms with E-state index in [-0.39, 0.29) is 11.3 Å². The minimum Gasteiger partial charge on any atom is -0.406 e. The minimum absolute atomic E-state index is 0.172. The molecule has 1 fully saturated rings. The molecule has 11 heteroatoms. The van der Waals surface area contributed by atoms with Crippen LogP contribution in [0.4, 0.5) is 13.2 Å². The van der Waals surface area contributed by atoms with Gasteiger partial charge in [0.2, 0.25) is 0 Å². The van der Waals surface area contributed by atoms with Gasteiger partial charge in [-0.3, -0.25) is 14.6 Å². The number of halogens is 3. The Morgan fingerprint density at radius 3 is 2.59 bits per heavy atom. The molecule has 2 unspecified atom stereocenters. The second-order valence-corrected chi connectivity index (χ2v) is 8.22. The Labute approximate surface area is 192 Å². The number of alkyl halides is 3. The Kier molecular flexibility index (Phi) is 6.13.